The molecule has 29 heavy (non-hydrogen) atoms. The number of nitrogens with one attached hydrogen (secondary N) is 1. The molecule has 1 aliphatic heterocycles. The van der Waals surface area contributed by atoms with Gasteiger partial charge in [-0.3, -0.25) is 9.10 Å². The minimum atomic E-state index is -3.84. The summed E-state index contributed by atoms with van der Waals surface area (Å²) in [4.78, 5) is 14.0. The number of sulfonamides is 1. The van der Waals surface area contributed by atoms with Gasteiger partial charge in [0.2, 0.25) is 5.91 Å². The number of anilines is 2. The van der Waals surface area contributed by atoms with Crippen LogP contribution >= 0.6 is 11.8 Å². The van der Waals surface area contributed by atoms with Crippen molar-refractivity contribution in [3.8, 4) is 11.1 Å². The second-order valence-electron chi connectivity index (χ2n) is 6.81. The zero-order valence-corrected chi connectivity index (χ0v) is 17.7. The minimum Gasteiger partial charge on any atom is -0.324 e. The Morgan fingerprint density at radius 3 is 2.59 bits per heavy atom. The van der Waals surface area contributed by atoms with Crippen molar-refractivity contribution in [1.29, 1.82) is 0 Å². The molecule has 5 nitrogen and oxygen atoms in total. The van der Waals surface area contributed by atoms with Gasteiger partial charge in [0, 0.05) is 21.7 Å². The summed E-state index contributed by atoms with van der Waals surface area (Å²) in [6.45, 7) is 1.66. The smallest absolute Gasteiger partial charge is 0.265 e. The van der Waals surface area contributed by atoms with Crippen LogP contribution in [0.4, 0.5) is 11.4 Å². The summed E-state index contributed by atoms with van der Waals surface area (Å²) in [5.74, 6) is -0.391. The molecule has 0 unspecified atom stereocenters. The molecular weight excluding hydrogens is 404 g/mol. The Balaban J connectivity index is 1.71. The molecule has 0 saturated carbocycles. The number of carbonyl (C=O) groups is 1. The Bertz CT molecular complexity index is 1210. The predicted octanol–water partition coefficient (Wildman–Crippen LogP) is 4.53. The van der Waals surface area contributed by atoms with Crippen LogP contribution in [0.2, 0.25) is 0 Å². The fourth-order valence-electron chi connectivity index (χ4n) is 3.45. The number of amides is 1. The average molecular weight is 425 g/mol. The molecule has 148 valence electrons. The SMILES string of the molecule is CSc1cccc(NC(=O)CN2c3ccc(C)cc3-c3ccccc3S2(=O)=O)c1. The van der Waals surface area contributed by atoms with Gasteiger partial charge in [-0.1, -0.05) is 35.9 Å². The molecule has 1 heterocycles. The van der Waals surface area contributed by atoms with Crippen molar-refractivity contribution in [2.45, 2.75) is 16.7 Å². The lowest BCUT2D eigenvalue weighted by Gasteiger charge is -2.31. The molecule has 0 saturated heterocycles. The standard InChI is InChI=1S/C22H20N2O3S2/c1-15-10-11-20-19(12-15)18-8-3-4-9-21(18)29(26,27)24(20)14-22(25)23-16-6-5-7-17(13-16)28-2/h3-13H,14H2,1-2H3,(H,23,25). The molecule has 0 atom stereocenters. The summed E-state index contributed by atoms with van der Waals surface area (Å²) in [6.07, 6.45) is 1.96. The third-order valence-corrected chi connectivity index (χ3v) is 7.35. The van der Waals surface area contributed by atoms with E-state index in [1.165, 1.54) is 4.31 Å². The van der Waals surface area contributed by atoms with Crippen LogP contribution < -0.4 is 9.62 Å². The summed E-state index contributed by atoms with van der Waals surface area (Å²) in [5.41, 5.74) is 3.65. The summed E-state index contributed by atoms with van der Waals surface area (Å²) in [6, 6.07) is 19.9. The molecule has 0 radical (unpaired) electrons. The number of hydrogen-bond acceptors (Lipinski definition) is 4. The summed E-state index contributed by atoms with van der Waals surface area (Å²) in [7, 11) is -3.84. The van der Waals surface area contributed by atoms with Gasteiger partial charge in [0.1, 0.15) is 6.54 Å². The maximum absolute atomic E-state index is 13.3. The first kappa shape index (κ1) is 19.5. The lowest BCUT2D eigenvalue weighted by molar-refractivity contribution is -0.114. The quantitative estimate of drug-likeness (QED) is 0.625. The largest absolute Gasteiger partial charge is 0.324 e. The number of hydrogen-bond donors (Lipinski definition) is 1. The summed E-state index contributed by atoms with van der Waals surface area (Å²) >= 11 is 1.57. The molecule has 3 aromatic carbocycles. The molecule has 0 bridgehead atoms. The van der Waals surface area contributed by atoms with E-state index in [2.05, 4.69) is 5.32 Å². The van der Waals surface area contributed by atoms with E-state index >= 15 is 0 Å². The molecule has 0 aromatic heterocycles. The molecule has 7 heteroatoms. The van der Waals surface area contributed by atoms with Gasteiger partial charge in [0.25, 0.3) is 10.0 Å². The molecular formula is C22H20N2O3S2. The molecule has 4 rings (SSSR count). The van der Waals surface area contributed by atoms with Crippen LogP contribution in [0, 0.1) is 6.92 Å². The maximum atomic E-state index is 13.3. The fourth-order valence-corrected chi connectivity index (χ4v) is 5.56. The summed E-state index contributed by atoms with van der Waals surface area (Å²) < 4.78 is 27.8. The van der Waals surface area contributed by atoms with Crippen LogP contribution in [-0.4, -0.2) is 27.1 Å². The Morgan fingerprint density at radius 2 is 1.79 bits per heavy atom. The predicted molar refractivity (Wildman–Crippen MR) is 118 cm³/mol. The fraction of sp³-hybridized carbons (Fsp3) is 0.136. The van der Waals surface area contributed by atoms with Gasteiger partial charge < -0.3 is 5.32 Å². The van der Waals surface area contributed by atoms with Gasteiger partial charge in [0.15, 0.2) is 0 Å². The number of thioether (sulfide) groups is 1. The number of rotatable bonds is 4. The van der Waals surface area contributed by atoms with E-state index in [-0.39, 0.29) is 11.4 Å². The molecule has 1 N–H and O–H groups in total. The van der Waals surface area contributed by atoms with Crippen LogP contribution in [0.1, 0.15) is 5.56 Å². The highest BCUT2D eigenvalue weighted by Crippen LogP contribution is 2.43. The topological polar surface area (TPSA) is 66.5 Å². The Hall–Kier alpha value is -2.77. The van der Waals surface area contributed by atoms with Crippen molar-refractivity contribution in [1.82, 2.24) is 0 Å². The van der Waals surface area contributed by atoms with Crippen molar-refractivity contribution in [2.75, 3.05) is 22.4 Å². The third kappa shape index (κ3) is 3.63. The molecule has 3 aromatic rings. The minimum absolute atomic E-state index is 0.218. The van der Waals surface area contributed by atoms with Crippen molar-refractivity contribution in [3.63, 3.8) is 0 Å². The van der Waals surface area contributed by atoms with Crippen molar-refractivity contribution in [2.24, 2.45) is 0 Å². The molecule has 0 spiro atoms. The van der Waals surface area contributed by atoms with Crippen LogP contribution in [-0.2, 0) is 14.8 Å². The molecule has 0 aliphatic carbocycles. The number of nitrogens with zero attached hydrogens (tertiary/aromatic N) is 1. The van der Waals surface area contributed by atoms with Gasteiger partial charge in [-0.05, 0) is 49.6 Å². The lowest BCUT2D eigenvalue weighted by atomic mass is 10.0. The van der Waals surface area contributed by atoms with Crippen molar-refractivity contribution in [3.05, 3.63) is 72.3 Å². The number of benzene rings is 3. The Labute approximate surface area is 174 Å². The van der Waals surface area contributed by atoms with Gasteiger partial charge in [-0.25, -0.2) is 8.42 Å². The van der Waals surface area contributed by atoms with Crippen molar-refractivity contribution >= 4 is 39.1 Å². The zero-order valence-electron chi connectivity index (χ0n) is 16.0. The van der Waals surface area contributed by atoms with Crippen LogP contribution in [0.3, 0.4) is 0 Å². The third-order valence-electron chi connectivity index (χ3n) is 4.81. The van der Waals surface area contributed by atoms with E-state index in [4.69, 9.17) is 0 Å². The van der Waals surface area contributed by atoms with Crippen LogP contribution in [0.5, 0.6) is 0 Å². The van der Waals surface area contributed by atoms with E-state index in [0.717, 1.165) is 16.0 Å². The maximum Gasteiger partial charge on any atom is 0.265 e. The van der Waals surface area contributed by atoms with Gasteiger partial charge in [0.05, 0.1) is 10.6 Å². The van der Waals surface area contributed by atoms with E-state index < -0.39 is 15.9 Å². The first-order valence-corrected chi connectivity index (χ1v) is 11.7. The molecule has 1 aliphatic rings. The second kappa shape index (κ2) is 7.57. The second-order valence-corrected chi connectivity index (χ2v) is 9.52. The normalized spacial score (nSPS) is 14.1. The lowest BCUT2D eigenvalue weighted by Crippen LogP contribution is -2.40. The highest BCUT2D eigenvalue weighted by molar-refractivity contribution is 7.98. The van der Waals surface area contributed by atoms with Gasteiger partial charge in [-0.15, -0.1) is 11.8 Å². The summed E-state index contributed by atoms with van der Waals surface area (Å²) in [5, 5.41) is 2.81. The highest BCUT2D eigenvalue weighted by atomic mass is 32.2. The molecule has 1 amide bonds. The number of fused-ring (bicyclic) bond motifs is 3. The van der Waals surface area contributed by atoms with Crippen LogP contribution in [0.15, 0.2) is 76.5 Å². The van der Waals surface area contributed by atoms with E-state index in [1.807, 2.05) is 49.6 Å². The van der Waals surface area contributed by atoms with E-state index in [0.29, 0.717) is 16.9 Å². The number of carbonyl (C=O) groups excluding carboxylic acids is 1. The van der Waals surface area contributed by atoms with E-state index in [1.54, 1.807) is 42.1 Å². The highest BCUT2D eigenvalue weighted by Gasteiger charge is 2.35. The average Bonchev–Trinajstić information content (AvgIpc) is 2.71. The van der Waals surface area contributed by atoms with E-state index in [9.17, 15) is 13.2 Å². The number of aryl methyl sites for hydroxylation is 1. The van der Waals surface area contributed by atoms with Gasteiger partial charge >= 0.3 is 0 Å². The monoisotopic (exact) mass is 424 g/mol. The zero-order chi connectivity index (χ0) is 20.6. The Kier molecular flexibility index (Phi) is 5.10. The van der Waals surface area contributed by atoms with Crippen LogP contribution in [0.25, 0.3) is 11.1 Å². The first-order valence-electron chi connectivity index (χ1n) is 9.07. The van der Waals surface area contributed by atoms with Crippen molar-refractivity contribution < 1.29 is 13.2 Å². The first-order chi connectivity index (χ1) is 13.9. The van der Waals surface area contributed by atoms with Gasteiger partial charge in [-0.2, -0.15) is 0 Å². The molecule has 0 fully saturated rings. The Morgan fingerprint density at radius 1 is 1.00 bits per heavy atom.